The molecule has 1 aromatic rings. The number of likely N-dealkylation sites (tertiary alicyclic amines) is 1. The Bertz CT molecular complexity index is 718. The molecule has 1 aromatic carbocycles. The Morgan fingerprint density at radius 2 is 2.00 bits per heavy atom. The van der Waals surface area contributed by atoms with Crippen LogP contribution in [0.5, 0.6) is 0 Å². The zero-order valence-electron chi connectivity index (χ0n) is 15.9. The highest BCUT2D eigenvalue weighted by Gasteiger charge is 2.38. The van der Waals surface area contributed by atoms with E-state index >= 15 is 0 Å². The predicted octanol–water partition coefficient (Wildman–Crippen LogP) is 2.71. The Labute approximate surface area is 160 Å². The lowest BCUT2D eigenvalue weighted by molar-refractivity contribution is -0.138. The van der Waals surface area contributed by atoms with Crippen molar-refractivity contribution in [1.29, 1.82) is 0 Å². The fourth-order valence-electron chi connectivity index (χ4n) is 4.27. The summed E-state index contributed by atoms with van der Waals surface area (Å²) in [4.78, 5) is 40.0. The number of hydrogen-bond acceptors (Lipinski definition) is 3. The Kier molecular flexibility index (Phi) is 6.14. The van der Waals surface area contributed by atoms with Crippen LogP contribution in [-0.4, -0.2) is 47.4 Å². The molecule has 0 aliphatic carbocycles. The fraction of sp³-hybridized carbons (Fsp3) is 0.571. The second kappa shape index (κ2) is 8.55. The zero-order chi connectivity index (χ0) is 19.4. The molecule has 2 amide bonds. The van der Waals surface area contributed by atoms with Crippen LogP contribution in [-0.2, 0) is 20.8 Å². The summed E-state index contributed by atoms with van der Waals surface area (Å²) in [6.45, 7) is 3.82. The number of benzene rings is 1. The number of carbonyl (C=O) groups excluding carboxylic acids is 2. The Morgan fingerprint density at radius 3 is 2.74 bits per heavy atom. The van der Waals surface area contributed by atoms with Gasteiger partial charge in [-0.1, -0.05) is 25.1 Å². The Morgan fingerprint density at radius 1 is 1.22 bits per heavy atom. The molecule has 2 aliphatic rings. The minimum atomic E-state index is -0.787. The van der Waals surface area contributed by atoms with Gasteiger partial charge in [0.05, 0.1) is 5.92 Å². The van der Waals surface area contributed by atoms with E-state index in [9.17, 15) is 14.4 Å². The number of carbonyl (C=O) groups is 3. The molecule has 2 atom stereocenters. The summed E-state index contributed by atoms with van der Waals surface area (Å²) in [6, 6.07) is 7.87. The summed E-state index contributed by atoms with van der Waals surface area (Å²) in [5.41, 5.74) is 2.03. The smallest absolute Gasteiger partial charge is 0.303 e. The number of aryl methyl sites for hydroxylation is 1. The van der Waals surface area contributed by atoms with Crippen LogP contribution in [0.2, 0.25) is 0 Å². The molecule has 0 spiro atoms. The third-order valence-electron chi connectivity index (χ3n) is 5.73. The first kappa shape index (κ1) is 19.4. The van der Waals surface area contributed by atoms with Crippen LogP contribution < -0.4 is 4.90 Å². The number of nitrogens with zero attached hydrogens (tertiary/aromatic N) is 2. The van der Waals surface area contributed by atoms with Crippen molar-refractivity contribution in [1.82, 2.24) is 4.90 Å². The maximum Gasteiger partial charge on any atom is 0.303 e. The van der Waals surface area contributed by atoms with Gasteiger partial charge in [0.2, 0.25) is 11.8 Å². The lowest BCUT2D eigenvalue weighted by Crippen LogP contribution is -2.43. The number of hydrogen-bond donors (Lipinski definition) is 1. The number of piperidine rings is 1. The summed E-state index contributed by atoms with van der Waals surface area (Å²) in [5.74, 6) is -0.799. The molecule has 2 unspecified atom stereocenters. The number of anilines is 1. The standard InChI is InChI=1S/C21H28N2O4/c1-2-16-7-3-4-8-18(16)23-14-17(12-19(23)24)21(27)22-11-5-6-15(13-22)9-10-20(25)26/h3-4,7-8,15,17H,2,5-6,9-14H2,1H3,(H,25,26). The van der Waals surface area contributed by atoms with Crippen LogP contribution in [0, 0.1) is 11.8 Å². The van der Waals surface area contributed by atoms with Gasteiger partial charge in [-0.3, -0.25) is 14.4 Å². The lowest BCUT2D eigenvalue weighted by atomic mass is 9.92. The SMILES string of the molecule is CCc1ccccc1N1CC(C(=O)N2CCCC(CCC(=O)O)C2)CC1=O. The molecule has 2 fully saturated rings. The number of carboxylic acid groups (broad SMARTS) is 1. The second-order valence-electron chi connectivity index (χ2n) is 7.61. The zero-order valence-corrected chi connectivity index (χ0v) is 15.9. The average Bonchev–Trinajstić information content (AvgIpc) is 3.07. The molecule has 27 heavy (non-hydrogen) atoms. The molecule has 0 aromatic heterocycles. The van der Waals surface area contributed by atoms with Crippen molar-refractivity contribution >= 4 is 23.5 Å². The van der Waals surface area contributed by atoms with Crippen molar-refractivity contribution in [3.63, 3.8) is 0 Å². The van der Waals surface area contributed by atoms with Gasteiger partial charge in [0.15, 0.2) is 0 Å². The van der Waals surface area contributed by atoms with Crippen molar-refractivity contribution in [2.45, 2.75) is 45.4 Å². The fourth-order valence-corrected chi connectivity index (χ4v) is 4.27. The summed E-state index contributed by atoms with van der Waals surface area (Å²) in [7, 11) is 0. The highest BCUT2D eigenvalue weighted by Crippen LogP contribution is 2.30. The molecule has 0 bridgehead atoms. The Balaban J connectivity index is 1.64. The highest BCUT2D eigenvalue weighted by molar-refractivity contribution is 6.00. The van der Waals surface area contributed by atoms with Gasteiger partial charge in [-0.05, 0) is 43.2 Å². The van der Waals surface area contributed by atoms with Gasteiger partial charge in [-0.2, -0.15) is 0 Å². The molecular weight excluding hydrogens is 344 g/mol. The summed E-state index contributed by atoms with van der Waals surface area (Å²) in [5, 5.41) is 8.88. The number of para-hydroxylation sites is 1. The normalized spacial score (nSPS) is 22.9. The molecule has 6 nitrogen and oxygen atoms in total. The minimum Gasteiger partial charge on any atom is -0.481 e. The maximum absolute atomic E-state index is 13.0. The van der Waals surface area contributed by atoms with E-state index < -0.39 is 5.97 Å². The van der Waals surface area contributed by atoms with Crippen LogP contribution in [0.1, 0.15) is 44.6 Å². The van der Waals surface area contributed by atoms with Crippen LogP contribution in [0.4, 0.5) is 5.69 Å². The van der Waals surface area contributed by atoms with E-state index in [2.05, 4.69) is 6.92 Å². The summed E-state index contributed by atoms with van der Waals surface area (Å²) < 4.78 is 0. The molecule has 2 heterocycles. The number of carboxylic acids is 1. The quantitative estimate of drug-likeness (QED) is 0.833. The molecule has 0 saturated carbocycles. The second-order valence-corrected chi connectivity index (χ2v) is 7.61. The molecule has 6 heteroatoms. The molecule has 2 aliphatic heterocycles. The first-order chi connectivity index (χ1) is 13.0. The van der Waals surface area contributed by atoms with Crippen molar-refractivity contribution in [3.05, 3.63) is 29.8 Å². The monoisotopic (exact) mass is 372 g/mol. The molecule has 2 saturated heterocycles. The van der Waals surface area contributed by atoms with E-state index in [1.54, 1.807) is 4.90 Å². The van der Waals surface area contributed by atoms with Gasteiger partial charge in [-0.25, -0.2) is 0 Å². The van der Waals surface area contributed by atoms with Gasteiger partial charge in [0.25, 0.3) is 0 Å². The third-order valence-corrected chi connectivity index (χ3v) is 5.73. The predicted molar refractivity (Wildman–Crippen MR) is 102 cm³/mol. The molecule has 1 N–H and O–H groups in total. The first-order valence-electron chi connectivity index (χ1n) is 9.88. The maximum atomic E-state index is 13.0. The third kappa shape index (κ3) is 4.49. The summed E-state index contributed by atoms with van der Waals surface area (Å²) in [6.07, 6.45) is 3.73. The van der Waals surface area contributed by atoms with Crippen LogP contribution in [0.25, 0.3) is 0 Å². The van der Waals surface area contributed by atoms with E-state index in [4.69, 9.17) is 5.11 Å². The highest BCUT2D eigenvalue weighted by atomic mass is 16.4. The summed E-state index contributed by atoms with van der Waals surface area (Å²) >= 11 is 0. The number of rotatable bonds is 6. The largest absolute Gasteiger partial charge is 0.481 e. The number of aliphatic carboxylic acids is 1. The first-order valence-corrected chi connectivity index (χ1v) is 9.88. The van der Waals surface area contributed by atoms with Crippen molar-refractivity contribution in [3.8, 4) is 0 Å². The van der Waals surface area contributed by atoms with Gasteiger partial charge in [0.1, 0.15) is 0 Å². The number of amides is 2. The van der Waals surface area contributed by atoms with Gasteiger partial charge < -0.3 is 14.9 Å². The average molecular weight is 372 g/mol. The Hall–Kier alpha value is -2.37. The molecule has 0 radical (unpaired) electrons. The van der Waals surface area contributed by atoms with Gasteiger partial charge in [-0.15, -0.1) is 0 Å². The minimum absolute atomic E-state index is 0.00804. The van der Waals surface area contributed by atoms with E-state index in [1.807, 2.05) is 29.2 Å². The van der Waals surface area contributed by atoms with E-state index in [1.165, 1.54) is 0 Å². The lowest BCUT2D eigenvalue weighted by Gasteiger charge is -2.34. The van der Waals surface area contributed by atoms with E-state index in [-0.39, 0.29) is 36.5 Å². The molecular formula is C21H28N2O4. The molecule has 3 rings (SSSR count). The van der Waals surface area contributed by atoms with Crippen LogP contribution in [0.15, 0.2) is 24.3 Å². The molecule has 146 valence electrons. The van der Waals surface area contributed by atoms with Crippen LogP contribution in [0.3, 0.4) is 0 Å². The van der Waals surface area contributed by atoms with Crippen molar-refractivity contribution in [2.75, 3.05) is 24.5 Å². The van der Waals surface area contributed by atoms with Crippen LogP contribution >= 0.6 is 0 Å². The van der Waals surface area contributed by atoms with Crippen molar-refractivity contribution in [2.24, 2.45) is 11.8 Å². The van der Waals surface area contributed by atoms with E-state index in [0.717, 1.165) is 30.5 Å². The topological polar surface area (TPSA) is 77.9 Å². The van der Waals surface area contributed by atoms with Crippen molar-refractivity contribution < 1.29 is 19.5 Å². The van der Waals surface area contributed by atoms with Gasteiger partial charge in [0, 0.05) is 38.2 Å². The van der Waals surface area contributed by atoms with Gasteiger partial charge >= 0.3 is 5.97 Å². The van der Waals surface area contributed by atoms with E-state index in [0.29, 0.717) is 26.1 Å².